The second-order valence-corrected chi connectivity index (χ2v) is 11.0. The van der Waals surface area contributed by atoms with Crippen LogP contribution in [0.3, 0.4) is 0 Å². The van der Waals surface area contributed by atoms with Crippen molar-refractivity contribution in [2.45, 2.75) is 50.5 Å². The number of benzene rings is 1. The van der Waals surface area contributed by atoms with Gasteiger partial charge in [-0.15, -0.1) is 0 Å². The molecule has 1 aromatic carbocycles. The van der Waals surface area contributed by atoms with Crippen molar-refractivity contribution in [3.8, 4) is 0 Å². The molecule has 2 saturated heterocycles. The Hall–Kier alpha value is -2.72. The van der Waals surface area contributed by atoms with Crippen LogP contribution in [0, 0.1) is 16.1 Å². The van der Waals surface area contributed by atoms with Crippen LogP contribution in [0.2, 0.25) is 0 Å². The Morgan fingerprint density at radius 2 is 2.06 bits per heavy atom. The number of nitrogens with one attached hydrogen (secondary N) is 2. The third kappa shape index (κ3) is 3.38. The van der Waals surface area contributed by atoms with Crippen LogP contribution in [0.25, 0.3) is 11.2 Å². The fourth-order valence-electron chi connectivity index (χ4n) is 5.99. The summed E-state index contributed by atoms with van der Waals surface area (Å²) in [5.41, 5.74) is 3.64. The first-order chi connectivity index (χ1) is 16.5. The zero-order chi connectivity index (χ0) is 23.4. The maximum Gasteiger partial charge on any atom is 0.183 e. The molecule has 0 bridgehead atoms. The van der Waals surface area contributed by atoms with Gasteiger partial charge in [-0.2, -0.15) is 5.10 Å². The Bertz CT molecular complexity index is 1300. The van der Waals surface area contributed by atoms with Gasteiger partial charge in [0.1, 0.15) is 5.82 Å². The van der Waals surface area contributed by atoms with E-state index in [1.165, 1.54) is 0 Å². The van der Waals surface area contributed by atoms with Gasteiger partial charge in [0.05, 0.1) is 29.5 Å². The van der Waals surface area contributed by atoms with E-state index in [-0.39, 0.29) is 0 Å². The molecule has 0 amide bonds. The molecule has 34 heavy (non-hydrogen) atoms. The van der Waals surface area contributed by atoms with Crippen molar-refractivity contribution >= 4 is 39.1 Å². The molecule has 1 spiro atoms. The van der Waals surface area contributed by atoms with Crippen molar-refractivity contribution in [2.24, 2.45) is 11.3 Å². The van der Waals surface area contributed by atoms with Crippen molar-refractivity contribution < 1.29 is 8.95 Å². The zero-order valence-corrected chi connectivity index (χ0v) is 20.5. The lowest BCUT2D eigenvalue weighted by atomic mass is 9.70. The number of aromatic amines is 1. The van der Waals surface area contributed by atoms with Crippen LogP contribution < -0.4 is 9.80 Å². The van der Waals surface area contributed by atoms with E-state index in [9.17, 15) is 4.21 Å². The molecule has 10 heteroatoms. The molecule has 6 rings (SSSR count). The molecule has 3 aliphatic rings. The summed E-state index contributed by atoms with van der Waals surface area (Å²) < 4.78 is 25.7. The molecule has 3 aliphatic heterocycles. The van der Waals surface area contributed by atoms with Crippen LogP contribution in [0.5, 0.6) is 0 Å². The van der Waals surface area contributed by atoms with Gasteiger partial charge in [-0.05, 0) is 56.2 Å². The number of aromatic nitrogens is 4. The highest BCUT2D eigenvalue weighted by atomic mass is 32.2. The van der Waals surface area contributed by atoms with E-state index in [1.807, 2.05) is 18.3 Å². The molecule has 0 aliphatic carbocycles. The van der Waals surface area contributed by atoms with Crippen molar-refractivity contribution in [2.75, 3.05) is 36.0 Å². The minimum Gasteiger partial charge on any atom is -0.378 e. The molecule has 0 saturated carbocycles. The number of fused-ring (bicyclic) bond motifs is 2. The number of hydrogen-bond acceptors (Lipinski definition) is 8. The second kappa shape index (κ2) is 8.20. The van der Waals surface area contributed by atoms with E-state index in [4.69, 9.17) is 19.5 Å². The van der Waals surface area contributed by atoms with Gasteiger partial charge in [0.15, 0.2) is 17.0 Å². The van der Waals surface area contributed by atoms with E-state index in [2.05, 4.69) is 33.8 Å². The molecule has 2 N–H and O–H groups in total. The Morgan fingerprint density at radius 1 is 1.24 bits per heavy atom. The highest BCUT2D eigenvalue weighted by Gasteiger charge is 2.47. The maximum absolute atomic E-state index is 12.0. The smallest absolute Gasteiger partial charge is 0.183 e. The van der Waals surface area contributed by atoms with Crippen LogP contribution in [0.1, 0.15) is 38.7 Å². The summed E-state index contributed by atoms with van der Waals surface area (Å²) in [6, 6.07) is 5.68. The van der Waals surface area contributed by atoms with Gasteiger partial charge in [-0.1, -0.05) is 13.0 Å². The highest BCUT2D eigenvalue weighted by Crippen LogP contribution is 2.46. The molecule has 1 unspecified atom stereocenters. The van der Waals surface area contributed by atoms with E-state index < -0.39 is 10.6 Å². The topological polar surface area (TPSA) is 111 Å². The Kier molecular flexibility index (Phi) is 5.25. The number of rotatable bonds is 3. The van der Waals surface area contributed by atoms with E-state index >= 15 is 0 Å². The summed E-state index contributed by atoms with van der Waals surface area (Å²) >= 11 is 0. The number of piperidine rings is 1. The number of anilines is 3. The molecule has 2 aromatic heterocycles. The van der Waals surface area contributed by atoms with Crippen LogP contribution in [-0.4, -0.2) is 56.7 Å². The largest absolute Gasteiger partial charge is 0.378 e. The molecule has 0 radical (unpaired) electrons. The first kappa shape index (κ1) is 21.8. The quantitative estimate of drug-likeness (QED) is 0.489. The highest BCUT2D eigenvalue weighted by molar-refractivity contribution is 7.73. The molecule has 180 valence electrons. The summed E-state index contributed by atoms with van der Waals surface area (Å²) in [5.74, 6) is 2.19. The number of thiol groups is 1. The predicted octanol–water partition coefficient (Wildman–Crippen LogP) is 3.68. The number of H-pyrrole nitrogens is 1. The Morgan fingerprint density at radius 3 is 2.79 bits per heavy atom. The van der Waals surface area contributed by atoms with Crippen LogP contribution in [0.4, 0.5) is 17.3 Å². The molecular weight excluding hydrogens is 450 g/mol. The fourth-order valence-corrected chi connectivity index (χ4v) is 6.68. The fraction of sp³-hybridized carbons (Fsp3) is 0.542. The molecule has 2 fully saturated rings. The van der Waals surface area contributed by atoms with E-state index in [0.29, 0.717) is 28.0 Å². The molecule has 9 nitrogen and oxygen atoms in total. The van der Waals surface area contributed by atoms with Gasteiger partial charge < -0.3 is 14.5 Å². The van der Waals surface area contributed by atoms with E-state index in [0.717, 1.165) is 80.3 Å². The average Bonchev–Trinajstić information content (AvgIpc) is 3.40. The molecule has 3 aromatic rings. The van der Waals surface area contributed by atoms with Crippen molar-refractivity contribution in [3.63, 3.8) is 0 Å². The summed E-state index contributed by atoms with van der Waals surface area (Å²) in [4.78, 5) is 14.7. The van der Waals surface area contributed by atoms with Crippen LogP contribution in [-0.2, 0) is 21.8 Å². The molecule has 5 heterocycles. The minimum absolute atomic E-state index is 0.290. The average molecular weight is 482 g/mol. The number of ether oxygens (including phenoxy) is 1. The second-order valence-electron chi connectivity index (χ2n) is 9.95. The minimum atomic E-state index is -2.14. The monoisotopic (exact) mass is 481 g/mol. The summed E-state index contributed by atoms with van der Waals surface area (Å²) in [7, 11) is -2.14. The lowest BCUT2D eigenvalue weighted by Gasteiger charge is -2.41. The summed E-state index contributed by atoms with van der Waals surface area (Å²) in [6.45, 7) is 8.09. The predicted molar refractivity (Wildman–Crippen MR) is 132 cm³/mol. The van der Waals surface area contributed by atoms with Gasteiger partial charge in [0, 0.05) is 35.6 Å². The van der Waals surface area contributed by atoms with E-state index in [1.54, 1.807) is 6.07 Å². The van der Waals surface area contributed by atoms with Gasteiger partial charge in [0.25, 0.3) is 0 Å². The Balaban J connectivity index is 1.27. The van der Waals surface area contributed by atoms with Gasteiger partial charge >= 0.3 is 0 Å². The summed E-state index contributed by atoms with van der Waals surface area (Å²) in [5, 5.41) is 7.66. The standard InChI is InChI=1S/C24H31N7O2S/c1-15-16(2)33-14-24(15)8-11-30(12-9-24)20-13-26-21-22(27-20)28-29-23(21)31-10-4-5-17-18(31)6-3-7-19(17)34(25)32/h3,6-7,13,15-16,25,34H,4-5,8-12,14H2,1-2H3,(H,27,28,29)/t15-,16+/m1/s1. The summed E-state index contributed by atoms with van der Waals surface area (Å²) in [6.07, 6.45) is 6.14. The van der Waals surface area contributed by atoms with Crippen molar-refractivity contribution in [1.82, 2.24) is 20.2 Å². The third-order valence-electron chi connectivity index (χ3n) is 8.33. The van der Waals surface area contributed by atoms with Crippen LogP contribution in [0.15, 0.2) is 29.3 Å². The molecule has 3 atom stereocenters. The van der Waals surface area contributed by atoms with Gasteiger partial charge in [-0.3, -0.25) is 9.88 Å². The first-order valence-corrected chi connectivity index (χ1v) is 13.4. The van der Waals surface area contributed by atoms with Gasteiger partial charge in [0.2, 0.25) is 0 Å². The van der Waals surface area contributed by atoms with Crippen molar-refractivity contribution in [3.05, 3.63) is 30.0 Å². The molecular formula is C24H31N7O2S. The van der Waals surface area contributed by atoms with Gasteiger partial charge in [-0.25, -0.2) is 14.2 Å². The number of hydrogen-bond donors (Lipinski definition) is 3. The third-order valence-corrected chi connectivity index (χ3v) is 9.18. The lowest BCUT2D eigenvalue weighted by Crippen LogP contribution is -2.44. The zero-order valence-electron chi connectivity index (χ0n) is 19.6. The first-order valence-electron chi connectivity index (χ1n) is 12.1. The Labute approximate surface area is 200 Å². The normalized spacial score (nSPS) is 25.1. The SMILES string of the molecule is C[C@@H]1OCC2(CCN(c3cnc4c(N5CCCc6c5cccc6[SH](=N)=O)n[nH]c4n3)CC2)[C@@H]1C. The number of nitrogens with zero attached hydrogens (tertiary/aromatic N) is 5. The van der Waals surface area contributed by atoms with Crippen LogP contribution >= 0.6 is 0 Å². The maximum atomic E-state index is 12.0. The lowest BCUT2D eigenvalue weighted by molar-refractivity contribution is 0.0969. The van der Waals surface area contributed by atoms with Crippen molar-refractivity contribution in [1.29, 1.82) is 4.78 Å².